The van der Waals surface area contributed by atoms with Crippen molar-refractivity contribution < 1.29 is 4.79 Å². The number of anilines is 2. The Labute approximate surface area is 149 Å². The second kappa shape index (κ2) is 8.87. The van der Waals surface area contributed by atoms with Crippen LogP contribution < -0.4 is 16.4 Å². The van der Waals surface area contributed by atoms with Crippen LogP contribution in [0.5, 0.6) is 0 Å². The molecule has 1 amide bonds. The molecule has 0 bridgehead atoms. The largest absolute Gasteiger partial charge is 0.370 e. The number of nitrogens with two attached hydrogens (primary N) is 1. The fourth-order valence-corrected chi connectivity index (χ4v) is 2.70. The van der Waals surface area contributed by atoms with Gasteiger partial charge in [0, 0.05) is 18.3 Å². The Balaban J connectivity index is 2.12. The Morgan fingerprint density at radius 3 is 2.28 bits per heavy atom. The predicted molar refractivity (Wildman–Crippen MR) is 105 cm³/mol. The molecule has 0 aliphatic rings. The molecule has 0 radical (unpaired) electrons. The van der Waals surface area contributed by atoms with Gasteiger partial charge in [0.15, 0.2) is 5.96 Å². The highest BCUT2D eigenvalue weighted by Gasteiger charge is 2.07. The van der Waals surface area contributed by atoms with Gasteiger partial charge in [-0.1, -0.05) is 44.2 Å². The average molecular weight is 338 g/mol. The highest BCUT2D eigenvalue weighted by atomic mass is 16.1. The summed E-state index contributed by atoms with van der Waals surface area (Å²) in [5.74, 6) is 0.297. The van der Waals surface area contributed by atoms with Crippen molar-refractivity contribution in [3.05, 3.63) is 59.2 Å². The van der Waals surface area contributed by atoms with Crippen LogP contribution in [0.25, 0.3) is 0 Å². The zero-order chi connectivity index (χ0) is 18.2. The van der Waals surface area contributed by atoms with Crippen molar-refractivity contribution in [3.63, 3.8) is 0 Å². The predicted octanol–water partition coefficient (Wildman–Crippen LogP) is 3.70. The molecule has 0 aliphatic carbocycles. The smallest absolute Gasteiger partial charge is 0.221 e. The number of rotatable bonds is 6. The quantitative estimate of drug-likeness (QED) is 0.555. The molecule has 0 saturated heterocycles. The van der Waals surface area contributed by atoms with Crippen LogP contribution in [0.3, 0.4) is 0 Å². The molecular weight excluding hydrogens is 312 g/mol. The summed E-state index contributed by atoms with van der Waals surface area (Å²) in [7, 11) is 0. The van der Waals surface area contributed by atoms with E-state index in [4.69, 9.17) is 5.73 Å². The van der Waals surface area contributed by atoms with E-state index in [9.17, 15) is 4.79 Å². The van der Waals surface area contributed by atoms with Gasteiger partial charge in [0.1, 0.15) is 0 Å². The first-order chi connectivity index (χ1) is 12.0. The van der Waals surface area contributed by atoms with Gasteiger partial charge in [0.05, 0.1) is 6.54 Å². The minimum atomic E-state index is -0.0925. The maximum absolute atomic E-state index is 11.1. The van der Waals surface area contributed by atoms with Crippen molar-refractivity contribution in [2.75, 3.05) is 10.6 Å². The Bertz CT molecular complexity index is 746. The van der Waals surface area contributed by atoms with Crippen LogP contribution in [-0.2, 0) is 24.2 Å². The zero-order valence-electron chi connectivity index (χ0n) is 15.1. The summed E-state index contributed by atoms with van der Waals surface area (Å²) in [4.78, 5) is 15.6. The number of carbonyl (C=O) groups excluding carboxylic acids is 1. The summed E-state index contributed by atoms with van der Waals surface area (Å²) >= 11 is 0. The van der Waals surface area contributed by atoms with Crippen molar-refractivity contribution in [3.8, 4) is 0 Å². The highest BCUT2D eigenvalue weighted by Crippen LogP contribution is 2.22. The van der Waals surface area contributed by atoms with Crippen LogP contribution in [0.15, 0.2) is 47.5 Å². The SMILES string of the molecule is CCc1cccc(CC)c1NC(N)=NCc1cccc(NC(C)=O)c1. The van der Waals surface area contributed by atoms with Gasteiger partial charge in [0.2, 0.25) is 5.91 Å². The summed E-state index contributed by atoms with van der Waals surface area (Å²) in [6.45, 7) is 6.19. The van der Waals surface area contributed by atoms with Crippen molar-refractivity contribution >= 4 is 23.2 Å². The molecule has 132 valence electrons. The Morgan fingerprint density at radius 2 is 1.68 bits per heavy atom. The molecular formula is C20H26N4O. The van der Waals surface area contributed by atoms with Crippen molar-refractivity contribution in [1.29, 1.82) is 0 Å². The van der Waals surface area contributed by atoms with E-state index >= 15 is 0 Å². The van der Waals surface area contributed by atoms with Crippen LogP contribution >= 0.6 is 0 Å². The lowest BCUT2D eigenvalue weighted by Gasteiger charge is -2.15. The maximum Gasteiger partial charge on any atom is 0.221 e. The molecule has 0 fully saturated rings. The van der Waals surface area contributed by atoms with E-state index in [2.05, 4.69) is 47.7 Å². The normalized spacial score (nSPS) is 11.2. The Morgan fingerprint density at radius 1 is 1.04 bits per heavy atom. The molecule has 0 heterocycles. The highest BCUT2D eigenvalue weighted by molar-refractivity contribution is 5.94. The molecule has 4 N–H and O–H groups in total. The molecule has 2 rings (SSSR count). The molecule has 5 nitrogen and oxygen atoms in total. The molecule has 2 aromatic carbocycles. The second-order valence-electron chi connectivity index (χ2n) is 5.87. The average Bonchev–Trinajstić information content (AvgIpc) is 2.60. The third-order valence-corrected chi connectivity index (χ3v) is 3.93. The molecule has 0 atom stereocenters. The van der Waals surface area contributed by atoms with Crippen LogP contribution in [0, 0.1) is 0 Å². The molecule has 0 spiro atoms. The van der Waals surface area contributed by atoms with Crippen LogP contribution in [-0.4, -0.2) is 11.9 Å². The third-order valence-electron chi connectivity index (χ3n) is 3.93. The monoisotopic (exact) mass is 338 g/mol. The number of aryl methyl sites for hydroxylation is 2. The minimum Gasteiger partial charge on any atom is -0.370 e. The number of carbonyl (C=O) groups is 1. The number of nitrogens with one attached hydrogen (secondary N) is 2. The van der Waals surface area contributed by atoms with Gasteiger partial charge in [-0.25, -0.2) is 4.99 Å². The molecule has 2 aromatic rings. The number of para-hydroxylation sites is 1. The summed E-state index contributed by atoms with van der Waals surface area (Å²) in [6.07, 6.45) is 1.87. The Hall–Kier alpha value is -2.82. The summed E-state index contributed by atoms with van der Waals surface area (Å²) in [5.41, 5.74) is 11.3. The number of aliphatic imine (C=N–C) groups is 1. The van der Waals surface area contributed by atoms with E-state index in [1.54, 1.807) is 0 Å². The van der Waals surface area contributed by atoms with E-state index in [-0.39, 0.29) is 5.91 Å². The maximum atomic E-state index is 11.1. The van der Waals surface area contributed by atoms with E-state index < -0.39 is 0 Å². The van der Waals surface area contributed by atoms with E-state index in [1.165, 1.54) is 18.1 Å². The third kappa shape index (κ3) is 5.35. The molecule has 0 unspecified atom stereocenters. The fourth-order valence-electron chi connectivity index (χ4n) is 2.70. The number of guanidine groups is 1. The number of benzene rings is 2. The lowest BCUT2D eigenvalue weighted by molar-refractivity contribution is -0.114. The first kappa shape index (κ1) is 18.5. The number of amides is 1. The van der Waals surface area contributed by atoms with Crippen molar-refractivity contribution in [2.24, 2.45) is 10.7 Å². The first-order valence-electron chi connectivity index (χ1n) is 8.57. The fraction of sp³-hybridized carbons (Fsp3) is 0.300. The summed E-state index contributed by atoms with van der Waals surface area (Å²) in [5, 5.41) is 6.02. The van der Waals surface area contributed by atoms with Crippen molar-refractivity contribution in [2.45, 2.75) is 40.2 Å². The van der Waals surface area contributed by atoms with Gasteiger partial charge in [0.25, 0.3) is 0 Å². The lowest BCUT2D eigenvalue weighted by atomic mass is 10.0. The topological polar surface area (TPSA) is 79.5 Å². The molecule has 5 heteroatoms. The van der Waals surface area contributed by atoms with Crippen molar-refractivity contribution in [1.82, 2.24) is 0 Å². The minimum absolute atomic E-state index is 0.0925. The van der Waals surface area contributed by atoms with E-state index in [0.29, 0.717) is 12.5 Å². The van der Waals surface area contributed by atoms with Crippen LogP contribution in [0.1, 0.15) is 37.5 Å². The molecule has 0 aliphatic heterocycles. The van der Waals surface area contributed by atoms with Crippen LogP contribution in [0.4, 0.5) is 11.4 Å². The number of hydrogen-bond donors (Lipinski definition) is 3. The zero-order valence-corrected chi connectivity index (χ0v) is 15.1. The second-order valence-corrected chi connectivity index (χ2v) is 5.87. The van der Waals surface area contributed by atoms with Gasteiger partial charge >= 0.3 is 0 Å². The summed E-state index contributed by atoms with van der Waals surface area (Å²) < 4.78 is 0. The van der Waals surface area contributed by atoms with Gasteiger partial charge in [-0.3, -0.25) is 4.79 Å². The Kier molecular flexibility index (Phi) is 6.57. The number of nitrogens with zero attached hydrogens (tertiary/aromatic N) is 1. The molecule has 0 aromatic heterocycles. The summed E-state index contributed by atoms with van der Waals surface area (Å²) in [6, 6.07) is 13.9. The molecule has 0 saturated carbocycles. The van der Waals surface area contributed by atoms with E-state index in [1.807, 2.05) is 24.3 Å². The molecule has 25 heavy (non-hydrogen) atoms. The van der Waals surface area contributed by atoms with Gasteiger partial charge in [-0.15, -0.1) is 0 Å². The lowest BCUT2D eigenvalue weighted by Crippen LogP contribution is -2.24. The standard InChI is InChI=1S/C20H26N4O/c1-4-16-9-7-10-17(5-2)19(16)24-20(21)22-13-15-8-6-11-18(12-15)23-14(3)25/h6-12H,4-5,13H2,1-3H3,(H,23,25)(H3,21,22,24). The van der Waals surface area contributed by atoms with Gasteiger partial charge < -0.3 is 16.4 Å². The first-order valence-corrected chi connectivity index (χ1v) is 8.57. The van der Waals surface area contributed by atoms with Crippen LogP contribution in [0.2, 0.25) is 0 Å². The van der Waals surface area contributed by atoms with Gasteiger partial charge in [-0.2, -0.15) is 0 Å². The number of hydrogen-bond acceptors (Lipinski definition) is 2. The van der Waals surface area contributed by atoms with E-state index in [0.717, 1.165) is 29.8 Å². The van der Waals surface area contributed by atoms with Gasteiger partial charge in [-0.05, 0) is 41.7 Å².